The van der Waals surface area contributed by atoms with Crippen LogP contribution in [0.15, 0.2) is 60.9 Å². The van der Waals surface area contributed by atoms with Crippen LogP contribution >= 0.6 is 0 Å². The van der Waals surface area contributed by atoms with Crippen molar-refractivity contribution in [3.63, 3.8) is 0 Å². The van der Waals surface area contributed by atoms with E-state index in [-0.39, 0.29) is 5.75 Å². The normalized spacial score (nSPS) is 10.1. The minimum atomic E-state index is -4.73. The average molecular weight is 418 g/mol. The molecule has 0 radical (unpaired) electrons. The van der Waals surface area contributed by atoms with Crippen molar-refractivity contribution in [2.75, 3.05) is 0 Å². The number of benzene rings is 2. The third-order valence-corrected chi connectivity index (χ3v) is 3.36. The maximum atomic E-state index is 12.2. The SMILES string of the molecule is CC.CCC.O=Cc1ccc(-c2cncc(-c3ccc(OC(F)(F)F)cc3)n2)cc1. The van der Waals surface area contributed by atoms with Gasteiger partial charge in [0.15, 0.2) is 0 Å². The second-order valence-corrected chi connectivity index (χ2v) is 5.81. The monoisotopic (exact) mass is 418 g/mol. The molecule has 0 N–H and O–H groups in total. The zero-order valence-electron chi connectivity index (χ0n) is 17.4. The van der Waals surface area contributed by atoms with E-state index in [4.69, 9.17) is 0 Å². The van der Waals surface area contributed by atoms with Crippen molar-refractivity contribution >= 4 is 6.29 Å². The van der Waals surface area contributed by atoms with Gasteiger partial charge in [-0.25, -0.2) is 4.98 Å². The van der Waals surface area contributed by atoms with Gasteiger partial charge in [0, 0.05) is 16.7 Å². The summed E-state index contributed by atoms with van der Waals surface area (Å²) in [6, 6.07) is 12.2. The van der Waals surface area contributed by atoms with Gasteiger partial charge >= 0.3 is 6.36 Å². The molecule has 30 heavy (non-hydrogen) atoms. The van der Waals surface area contributed by atoms with Crippen molar-refractivity contribution in [3.05, 3.63) is 66.5 Å². The van der Waals surface area contributed by atoms with Gasteiger partial charge in [0.1, 0.15) is 12.0 Å². The van der Waals surface area contributed by atoms with Crippen LogP contribution in [0, 0.1) is 0 Å². The van der Waals surface area contributed by atoms with Gasteiger partial charge in [-0.05, 0) is 24.3 Å². The smallest absolute Gasteiger partial charge is 0.406 e. The van der Waals surface area contributed by atoms with Crippen molar-refractivity contribution in [2.24, 2.45) is 0 Å². The van der Waals surface area contributed by atoms with E-state index >= 15 is 0 Å². The molecule has 0 fully saturated rings. The molecule has 0 aliphatic rings. The molecule has 4 nitrogen and oxygen atoms in total. The van der Waals surface area contributed by atoms with Crippen LogP contribution in [0.5, 0.6) is 5.75 Å². The topological polar surface area (TPSA) is 52.1 Å². The van der Waals surface area contributed by atoms with E-state index in [1.807, 2.05) is 13.8 Å². The minimum Gasteiger partial charge on any atom is -0.406 e. The van der Waals surface area contributed by atoms with Crippen LogP contribution in [0.25, 0.3) is 22.5 Å². The number of carbonyl (C=O) groups excluding carboxylic acids is 1. The number of carbonyl (C=O) groups is 1. The lowest BCUT2D eigenvalue weighted by atomic mass is 10.1. The fourth-order valence-corrected chi connectivity index (χ4v) is 2.20. The summed E-state index contributed by atoms with van der Waals surface area (Å²) in [4.78, 5) is 19.3. The predicted octanol–water partition coefficient (Wildman–Crippen LogP) is 6.96. The molecule has 0 saturated carbocycles. The first-order valence-electron chi connectivity index (χ1n) is 9.60. The second kappa shape index (κ2) is 12.4. The van der Waals surface area contributed by atoms with Crippen LogP contribution in [0.3, 0.4) is 0 Å². The number of alkyl halides is 3. The van der Waals surface area contributed by atoms with Gasteiger partial charge in [-0.15, -0.1) is 13.2 Å². The van der Waals surface area contributed by atoms with Gasteiger partial charge < -0.3 is 4.74 Å². The van der Waals surface area contributed by atoms with E-state index in [9.17, 15) is 18.0 Å². The molecule has 3 rings (SSSR count). The third kappa shape index (κ3) is 8.03. The average Bonchev–Trinajstić information content (AvgIpc) is 2.75. The lowest BCUT2D eigenvalue weighted by Crippen LogP contribution is -2.16. The molecule has 0 atom stereocenters. The van der Waals surface area contributed by atoms with E-state index in [2.05, 4.69) is 28.6 Å². The highest BCUT2D eigenvalue weighted by Gasteiger charge is 2.30. The van der Waals surface area contributed by atoms with Gasteiger partial charge in [0.2, 0.25) is 0 Å². The molecule has 0 aliphatic carbocycles. The van der Waals surface area contributed by atoms with E-state index in [0.29, 0.717) is 22.5 Å². The number of nitrogens with zero attached hydrogens (tertiary/aromatic N) is 2. The molecule has 3 aromatic rings. The zero-order valence-corrected chi connectivity index (χ0v) is 17.4. The van der Waals surface area contributed by atoms with Crippen molar-refractivity contribution in [2.45, 2.75) is 40.5 Å². The Morgan fingerprint density at radius 2 is 1.30 bits per heavy atom. The maximum absolute atomic E-state index is 12.2. The number of aromatic nitrogens is 2. The van der Waals surface area contributed by atoms with Crippen molar-refractivity contribution < 1.29 is 22.7 Å². The lowest BCUT2D eigenvalue weighted by Gasteiger charge is -2.09. The molecule has 1 aromatic heterocycles. The van der Waals surface area contributed by atoms with Crippen molar-refractivity contribution in [1.82, 2.24) is 9.97 Å². The fraction of sp³-hybridized carbons (Fsp3) is 0.261. The molecule has 160 valence electrons. The van der Waals surface area contributed by atoms with Gasteiger partial charge in [-0.2, -0.15) is 0 Å². The Morgan fingerprint density at radius 1 is 0.867 bits per heavy atom. The Labute approximate surface area is 174 Å². The first kappa shape index (κ1) is 24.8. The summed E-state index contributed by atoms with van der Waals surface area (Å²) < 4.78 is 40.4. The second-order valence-electron chi connectivity index (χ2n) is 5.81. The highest BCUT2D eigenvalue weighted by atomic mass is 19.4. The van der Waals surface area contributed by atoms with E-state index in [1.54, 1.807) is 30.5 Å². The Kier molecular flexibility index (Phi) is 10.2. The largest absolute Gasteiger partial charge is 0.573 e. The number of halogens is 3. The molecule has 0 bridgehead atoms. The molecule has 1 heterocycles. The van der Waals surface area contributed by atoms with E-state index in [0.717, 1.165) is 11.8 Å². The van der Waals surface area contributed by atoms with Crippen LogP contribution in [0.2, 0.25) is 0 Å². The van der Waals surface area contributed by atoms with Gasteiger partial charge in [-0.1, -0.05) is 58.4 Å². The maximum Gasteiger partial charge on any atom is 0.573 e. The van der Waals surface area contributed by atoms with E-state index < -0.39 is 6.36 Å². The zero-order chi connectivity index (χ0) is 22.6. The molecule has 0 unspecified atom stereocenters. The number of ether oxygens (including phenoxy) is 1. The Hall–Kier alpha value is -3.22. The number of hydrogen-bond acceptors (Lipinski definition) is 4. The number of aldehydes is 1. The summed E-state index contributed by atoms with van der Waals surface area (Å²) in [6.07, 6.45) is 0.356. The van der Waals surface area contributed by atoms with Gasteiger partial charge in [0.05, 0.1) is 23.8 Å². The highest BCUT2D eigenvalue weighted by molar-refractivity contribution is 5.76. The summed E-state index contributed by atoms with van der Waals surface area (Å²) >= 11 is 0. The molecule has 2 aromatic carbocycles. The van der Waals surface area contributed by atoms with Gasteiger partial charge in [0.25, 0.3) is 0 Å². The molecule has 7 heteroatoms. The Balaban J connectivity index is 0.000000826. The minimum absolute atomic E-state index is 0.301. The number of rotatable bonds is 4. The Bertz CT molecular complexity index is 894. The predicted molar refractivity (Wildman–Crippen MR) is 112 cm³/mol. The summed E-state index contributed by atoms with van der Waals surface area (Å²) in [5, 5.41) is 0. The number of hydrogen-bond donors (Lipinski definition) is 0. The highest BCUT2D eigenvalue weighted by Crippen LogP contribution is 2.26. The van der Waals surface area contributed by atoms with Crippen molar-refractivity contribution in [3.8, 4) is 28.3 Å². The molecule has 0 spiro atoms. The van der Waals surface area contributed by atoms with Crippen LogP contribution in [-0.2, 0) is 0 Å². The first-order valence-corrected chi connectivity index (χ1v) is 9.60. The van der Waals surface area contributed by atoms with Crippen LogP contribution < -0.4 is 4.74 Å². The van der Waals surface area contributed by atoms with Crippen LogP contribution in [0.1, 0.15) is 44.5 Å². The third-order valence-electron chi connectivity index (χ3n) is 3.36. The first-order chi connectivity index (χ1) is 14.4. The quantitative estimate of drug-likeness (QED) is 0.430. The summed E-state index contributed by atoms with van der Waals surface area (Å²) in [7, 11) is 0. The fourth-order valence-electron chi connectivity index (χ4n) is 2.20. The molecule has 0 amide bonds. The molecular weight excluding hydrogens is 393 g/mol. The van der Waals surface area contributed by atoms with Crippen LogP contribution in [-0.4, -0.2) is 22.6 Å². The standard InChI is InChI=1S/C18H11F3N2O2.C3H8.C2H6/c19-18(20,21)25-15-7-5-14(6-8-15)17-10-22-9-16(23-17)13-3-1-12(11-24)2-4-13;1-3-2;1-2/h1-11H;3H2,1-2H3;1-2H3. The van der Waals surface area contributed by atoms with Gasteiger partial charge in [-0.3, -0.25) is 9.78 Å². The lowest BCUT2D eigenvalue weighted by molar-refractivity contribution is -0.274. The summed E-state index contributed by atoms with van der Waals surface area (Å²) in [5.74, 6) is -0.301. The Morgan fingerprint density at radius 3 is 1.70 bits per heavy atom. The molecule has 0 saturated heterocycles. The van der Waals surface area contributed by atoms with Crippen molar-refractivity contribution in [1.29, 1.82) is 0 Å². The summed E-state index contributed by atoms with van der Waals surface area (Å²) in [6.45, 7) is 8.25. The summed E-state index contributed by atoms with van der Waals surface area (Å²) in [5.41, 5.74) is 3.03. The molecular formula is C23H25F3N2O2. The molecule has 0 aliphatic heterocycles. The van der Waals surface area contributed by atoms with Crippen LogP contribution in [0.4, 0.5) is 13.2 Å². The van der Waals surface area contributed by atoms with E-state index in [1.165, 1.54) is 36.9 Å².